The molecule has 0 spiro atoms. The van der Waals surface area contributed by atoms with Crippen molar-refractivity contribution in [1.82, 2.24) is 20.5 Å². The lowest BCUT2D eigenvalue weighted by Crippen LogP contribution is -2.50. The Hall–Kier alpha value is -3.91. The quantitative estimate of drug-likeness (QED) is 0.489. The number of benzene rings is 2. The fraction of sp³-hybridized carbons (Fsp3) is 0.296. The van der Waals surface area contributed by atoms with Crippen LogP contribution in [0.4, 0.5) is 5.69 Å². The third-order valence-corrected chi connectivity index (χ3v) is 6.22. The van der Waals surface area contributed by atoms with E-state index < -0.39 is 11.8 Å². The van der Waals surface area contributed by atoms with Crippen LogP contribution in [0.1, 0.15) is 17.2 Å². The molecule has 2 amide bonds. The van der Waals surface area contributed by atoms with Crippen molar-refractivity contribution in [2.24, 2.45) is 0 Å². The number of aromatic nitrogens is 1. The Morgan fingerprint density at radius 1 is 0.914 bits per heavy atom. The number of ether oxygens (including phenoxy) is 1. The second-order valence-corrected chi connectivity index (χ2v) is 8.40. The summed E-state index contributed by atoms with van der Waals surface area (Å²) < 4.78 is 5.14. The number of rotatable bonds is 8. The monoisotopic (exact) mass is 473 g/mol. The molecule has 1 aliphatic heterocycles. The number of nitrogens with one attached hydrogen (secondary N) is 2. The maximum Gasteiger partial charge on any atom is 0.309 e. The maximum atomic E-state index is 12.5. The van der Waals surface area contributed by atoms with Gasteiger partial charge in [0.1, 0.15) is 5.75 Å². The lowest BCUT2D eigenvalue weighted by molar-refractivity contribution is -0.139. The van der Waals surface area contributed by atoms with Crippen molar-refractivity contribution >= 4 is 17.5 Å². The van der Waals surface area contributed by atoms with E-state index in [1.54, 1.807) is 13.3 Å². The number of hydrogen-bond donors (Lipinski definition) is 2. The molecule has 1 aromatic heterocycles. The van der Waals surface area contributed by atoms with Crippen LogP contribution in [0.15, 0.2) is 79.1 Å². The highest BCUT2D eigenvalue weighted by molar-refractivity contribution is 6.35. The number of para-hydroxylation sites is 1. The van der Waals surface area contributed by atoms with Crippen LogP contribution in [0.2, 0.25) is 0 Å². The zero-order chi connectivity index (χ0) is 24.5. The smallest absolute Gasteiger partial charge is 0.309 e. The number of pyridine rings is 1. The molecule has 0 radical (unpaired) electrons. The molecule has 1 fully saturated rings. The predicted octanol–water partition coefficient (Wildman–Crippen LogP) is 2.39. The lowest BCUT2D eigenvalue weighted by atomic mass is 10.1. The number of piperazine rings is 1. The largest absolute Gasteiger partial charge is 0.497 e. The van der Waals surface area contributed by atoms with E-state index >= 15 is 0 Å². The van der Waals surface area contributed by atoms with E-state index in [1.165, 1.54) is 5.69 Å². The van der Waals surface area contributed by atoms with Gasteiger partial charge < -0.3 is 20.3 Å². The minimum atomic E-state index is -0.653. The van der Waals surface area contributed by atoms with Gasteiger partial charge in [0.15, 0.2) is 0 Å². The van der Waals surface area contributed by atoms with Crippen molar-refractivity contribution < 1.29 is 14.3 Å². The Kier molecular flexibility index (Phi) is 8.30. The van der Waals surface area contributed by atoms with Gasteiger partial charge in [0.05, 0.1) is 13.2 Å². The van der Waals surface area contributed by atoms with Gasteiger partial charge in [-0.1, -0.05) is 36.4 Å². The topological polar surface area (TPSA) is 86.8 Å². The summed E-state index contributed by atoms with van der Waals surface area (Å²) in [5.41, 5.74) is 3.11. The average molecular weight is 474 g/mol. The molecule has 1 saturated heterocycles. The van der Waals surface area contributed by atoms with Gasteiger partial charge in [-0.15, -0.1) is 0 Å². The van der Waals surface area contributed by atoms with Crippen molar-refractivity contribution in [1.29, 1.82) is 0 Å². The summed E-state index contributed by atoms with van der Waals surface area (Å²) in [5.74, 6) is -0.557. The molecule has 8 heteroatoms. The second-order valence-electron chi connectivity index (χ2n) is 8.40. The average Bonchev–Trinajstić information content (AvgIpc) is 2.93. The van der Waals surface area contributed by atoms with Gasteiger partial charge in [-0.2, -0.15) is 0 Å². The van der Waals surface area contributed by atoms with Gasteiger partial charge in [-0.3, -0.25) is 19.5 Å². The standard InChI is InChI=1S/C27H31N5O3/c1-35-24-11-9-21(10-12-24)18-29-26(33)27(34)30-20-25(22-6-5-13-28-19-22)32-16-14-31(15-17-32)23-7-3-2-4-8-23/h2-13,19,25H,14-18,20H2,1H3,(H,29,33)(H,30,34). The summed E-state index contributed by atoms with van der Waals surface area (Å²) in [6, 6.07) is 21.5. The van der Waals surface area contributed by atoms with Crippen molar-refractivity contribution in [3.8, 4) is 5.75 Å². The first-order valence-corrected chi connectivity index (χ1v) is 11.8. The van der Waals surface area contributed by atoms with Crippen LogP contribution in [-0.2, 0) is 16.1 Å². The van der Waals surface area contributed by atoms with E-state index in [0.29, 0.717) is 6.54 Å². The summed E-state index contributed by atoms with van der Waals surface area (Å²) in [6.07, 6.45) is 3.56. The van der Waals surface area contributed by atoms with E-state index in [-0.39, 0.29) is 12.6 Å². The third kappa shape index (κ3) is 6.58. The number of hydrogen-bond acceptors (Lipinski definition) is 6. The highest BCUT2D eigenvalue weighted by Crippen LogP contribution is 2.23. The van der Waals surface area contributed by atoms with Crippen LogP contribution >= 0.6 is 0 Å². The van der Waals surface area contributed by atoms with Crippen LogP contribution < -0.4 is 20.3 Å². The minimum Gasteiger partial charge on any atom is -0.497 e. The molecule has 8 nitrogen and oxygen atoms in total. The Bertz CT molecular complexity index is 1080. The summed E-state index contributed by atoms with van der Waals surface area (Å²) in [7, 11) is 1.60. The SMILES string of the molecule is COc1ccc(CNC(=O)C(=O)NCC(c2cccnc2)N2CCN(c3ccccc3)CC2)cc1. The fourth-order valence-corrected chi connectivity index (χ4v) is 4.24. The first-order chi connectivity index (χ1) is 17.1. The number of methoxy groups -OCH3 is 1. The molecule has 1 aliphatic rings. The van der Waals surface area contributed by atoms with Crippen molar-refractivity contribution in [2.75, 3.05) is 44.7 Å². The lowest BCUT2D eigenvalue weighted by Gasteiger charge is -2.40. The van der Waals surface area contributed by atoms with Crippen LogP contribution in [0.5, 0.6) is 5.75 Å². The van der Waals surface area contributed by atoms with Crippen LogP contribution in [-0.4, -0.2) is 61.5 Å². The molecule has 2 N–H and O–H groups in total. The predicted molar refractivity (Wildman–Crippen MR) is 135 cm³/mol. The van der Waals surface area contributed by atoms with Gasteiger partial charge in [-0.05, 0) is 41.5 Å². The van der Waals surface area contributed by atoms with Gasteiger partial charge in [0.25, 0.3) is 0 Å². The Morgan fingerprint density at radius 3 is 2.29 bits per heavy atom. The van der Waals surface area contributed by atoms with Gasteiger partial charge in [0.2, 0.25) is 0 Å². The number of carbonyl (C=O) groups excluding carboxylic acids is 2. The van der Waals surface area contributed by atoms with Crippen LogP contribution in [0.3, 0.4) is 0 Å². The number of anilines is 1. The molecule has 1 atom stereocenters. The van der Waals surface area contributed by atoms with E-state index in [1.807, 2.05) is 48.7 Å². The van der Waals surface area contributed by atoms with Crippen molar-refractivity contribution in [2.45, 2.75) is 12.6 Å². The molecule has 3 aromatic rings. The van der Waals surface area contributed by atoms with Gasteiger partial charge >= 0.3 is 11.8 Å². The highest BCUT2D eigenvalue weighted by atomic mass is 16.5. The van der Waals surface area contributed by atoms with Crippen LogP contribution in [0, 0.1) is 0 Å². The zero-order valence-corrected chi connectivity index (χ0v) is 19.9. The van der Waals surface area contributed by atoms with E-state index in [9.17, 15) is 9.59 Å². The molecule has 2 heterocycles. The molecular weight excluding hydrogens is 442 g/mol. The summed E-state index contributed by atoms with van der Waals surface area (Å²) in [6.45, 7) is 4.05. The second kappa shape index (κ2) is 12.0. The van der Waals surface area contributed by atoms with E-state index in [2.05, 4.69) is 49.7 Å². The fourth-order valence-electron chi connectivity index (χ4n) is 4.24. The first kappa shape index (κ1) is 24.2. The summed E-state index contributed by atoms with van der Waals surface area (Å²) in [5, 5.41) is 5.50. The van der Waals surface area contributed by atoms with E-state index in [0.717, 1.165) is 43.1 Å². The highest BCUT2D eigenvalue weighted by Gasteiger charge is 2.26. The van der Waals surface area contributed by atoms with Crippen LogP contribution in [0.25, 0.3) is 0 Å². The molecule has 35 heavy (non-hydrogen) atoms. The summed E-state index contributed by atoms with van der Waals surface area (Å²) >= 11 is 0. The zero-order valence-electron chi connectivity index (χ0n) is 19.9. The molecule has 1 unspecified atom stereocenters. The third-order valence-electron chi connectivity index (χ3n) is 6.22. The number of amides is 2. The first-order valence-electron chi connectivity index (χ1n) is 11.8. The molecule has 182 valence electrons. The molecule has 2 aromatic carbocycles. The van der Waals surface area contributed by atoms with Gasteiger partial charge in [0, 0.05) is 57.3 Å². The van der Waals surface area contributed by atoms with Crippen molar-refractivity contribution in [3.05, 3.63) is 90.3 Å². The molecule has 0 aliphatic carbocycles. The summed E-state index contributed by atoms with van der Waals surface area (Å²) in [4.78, 5) is 33.9. The van der Waals surface area contributed by atoms with E-state index in [4.69, 9.17) is 4.74 Å². The minimum absolute atomic E-state index is 0.0695. The molecule has 0 saturated carbocycles. The Labute approximate surface area is 205 Å². The molecule has 0 bridgehead atoms. The maximum absolute atomic E-state index is 12.5. The Morgan fingerprint density at radius 2 is 1.63 bits per heavy atom. The Balaban J connectivity index is 1.33. The van der Waals surface area contributed by atoms with Crippen molar-refractivity contribution in [3.63, 3.8) is 0 Å². The number of nitrogens with zero attached hydrogens (tertiary/aromatic N) is 3. The molecular formula is C27H31N5O3. The molecule has 4 rings (SSSR count). The van der Waals surface area contributed by atoms with Gasteiger partial charge in [-0.25, -0.2) is 0 Å². The number of carbonyl (C=O) groups is 2. The normalized spacial score (nSPS) is 14.7.